The molecule has 13 heavy (non-hydrogen) atoms. The molecule has 0 bridgehead atoms. The summed E-state index contributed by atoms with van der Waals surface area (Å²) in [5.74, 6) is 0.742. The Balaban J connectivity index is 2.92. The Labute approximate surface area is 89.5 Å². The van der Waals surface area contributed by atoms with E-state index in [-0.39, 0.29) is 0 Å². The Morgan fingerprint density at radius 1 is 1.23 bits per heavy atom. The molecule has 0 unspecified atom stereocenters. The minimum absolute atomic E-state index is 0.742. The van der Waals surface area contributed by atoms with Gasteiger partial charge in [0.1, 0.15) is 0 Å². The van der Waals surface area contributed by atoms with Crippen molar-refractivity contribution >= 4 is 15.9 Å². The van der Waals surface area contributed by atoms with E-state index in [1.165, 1.54) is 22.0 Å². The van der Waals surface area contributed by atoms with E-state index >= 15 is 0 Å². The SMILES string of the molecule is CCc1cc(Br)ccc1CC(C)C. The van der Waals surface area contributed by atoms with Crippen LogP contribution in [0.5, 0.6) is 0 Å². The molecule has 0 radical (unpaired) electrons. The molecule has 0 spiro atoms. The Morgan fingerprint density at radius 3 is 2.46 bits per heavy atom. The van der Waals surface area contributed by atoms with Gasteiger partial charge in [0.15, 0.2) is 0 Å². The zero-order valence-corrected chi connectivity index (χ0v) is 10.2. The monoisotopic (exact) mass is 240 g/mol. The van der Waals surface area contributed by atoms with Crippen molar-refractivity contribution in [2.24, 2.45) is 5.92 Å². The third-order valence-corrected chi connectivity index (χ3v) is 2.67. The number of aryl methyl sites for hydroxylation is 1. The highest BCUT2D eigenvalue weighted by Gasteiger charge is 2.03. The van der Waals surface area contributed by atoms with Gasteiger partial charge in [0.2, 0.25) is 0 Å². The fourth-order valence-electron chi connectivity index (χ4n) is 1.56. The molecule has 1 rings (SSSR count). The van der Waals surface area contributed by atoms with Gasteiger partial charge in [0.05, 0.1) is 0 Å². The summed E-state index contributed by atoms with van der Waals surface area (Å²) < 4.78 is 1.19. The van der Waals surface area contributed by atoms with E-state index in [9.17, 15) is 0 Å². The molecule has 0 nitrogen and oxygen atoms in total. The van der Waals surface area contributed by atoms with Crippen LogP contribution in [0.15, 0.2) is 22.7 Å². The first kappa shape index (κ1) is 10.8. The van der Waals surface area contributed by atoms with Crippen molar-refractivity contribution in [3.63, 3.8) is 0 Å². The van der Waals surface area contributed by atoms with E-state index in [2.05, 4.69) is 54.9 Å². The Hall–Kier alpha value is -0.300. The van der Waals surface area contributed by atoms with Crippen LogP contribution in [-0.4, -0.2) is 0 Å². The molecule has 0 atom stereocenters. The Morgan fingerprint density at radius 2 is 1.92 bits per heavy atom. The highest BCUT2D eigenvalue weighted by atomic mass is 79.9. The van der Waals surface area contributed by atoms with Gasteiger partial charge in [0.25, 0.3) is 0 Å². The fraction of sp³-hybridized carbons (Fsp3) is 0.500. The van der Waals surface area contributed by atoms with Gasteiger partial charge in [-0.05, 0) is 42.0 Å². The molecule has 0 heterocycles. The zero-order chi connectivity index (χ0) is 9.84. The van der Waals surface area contributed by atoms with Gasteiger partial charge >= 0.3 is 0 Å². The van der Waals surface area contributed by atoms with Gasteiger partial charge in [-0.15, -0.1) is 0 Å². The normalized spacial score (nSPS) is 10.8. The highest BCUT2D eigenvalue weighted by molar-refractivity contribution is 9.10. The molecule has 0 saturated carbocycles. The van der Waals surface area contributed by atoms with Crippen molar-refractivity contribution < 1.29 is 0 Å². The smallest absolute Gasteiger partial charge is 0.0178 e. The van der Waals surface area contributed by atoms with Crippen molar-refractivity contribution in [1.82, 2.24) is 0 Å². The van der Waals surface area contributed by atoms with E-state index in [1.54, 1.807) is 0 Å². The summed E-state index contributed by atoms with van der Waals surface area (Å²) in [7, 11) is 0. The molecule has 0 aliphatic carbocycles. The zero-order valence-electron chi connectivity index (χ0n) is 8.60. The highest BCUT2D eigenvalue weighted by Crippen LogP contribution is 2.19. The van der Waals surface area contributed by atoms with Crippen LogP contribution >= 0.6 is 15.9 Å². The van der Waals surface area contributed by atoms with E-state index < -0.39 is 0 Å². The van der Waals surface area contributed by atoms with Crippen molar-refractivity contribution in [2.75, 3.05) is 0 Å². The van der Waals surface area contributed by atoms with Crippen LogP contribution in [0, 0.1) is 5.92 Å². The molecule has 1 aromatic carbocycles. The predicted molar refractivity (Wildman–Crippen MR) is 62.1 cm³/mol. The largest absolute Gasteiger partial charge is 0.0625 e. The summed E-state index contributed by atoms with van der Waals surface area (Å²) >= 11 is 3.50. The average molecular weight is 241 g/mol. The van der Waals surface area contributed by atoms with Gasteiger partial charge < -0.3 is 0 Å². The average Bonchev–Trinajstić information content (AvgIpc) is 2.07. The van der Waals surface area contributed by atoms with Crippen LogP contribution in [0.3, 0.4) is 0 Å². The first-order valence-electron chi connectivity index (χ1n) is 4.90. The van der Waals surface area contributed by atoms with E-state index in [0.717, 1.165) is 12.3 Å². The van der Waals surface area contributed by atoms with Gasteiger partial charge in [-0.1, -0.05) is 42.8 Å². The van der Waals surface area contributed by atoms with Crippen LogP contribution in [0.1, 0.15) is 31.9 Å². The quantitative estimate of drug-likeness (QED) is 0.743. The maximum Gasteiger partial charge on any atom is 0.0178 e. The number of benzene rings is 1. The van der Waals surface area contributed by atoms with Gasteiger partial charge in [-0.3, -0.25) is 0 Å². The van der Waals surface area contributed by atoms with Crippen molar-refractivity contribution in [1.29, 1.82) is 0 Å². The van der Waals surface area contributed by atoms with Gasteiger partial charge in [-0.25, -0.2) is 0 Å². The Kier molecular flexibility index (Phi) is 3.98. The molecular weight excluding hydrogens is 224 g/mol. The lowest BCUT2D eigenvalue weighted by Crippen LogP contribution is -1.98. The molecule has 0 aliphatic rings. The minimum Gasteiger partial charge on any atom is -0.0625 e. The minimum atomic E-state index is 0.742. The number of hydrogen-bond acceptors (Lipinski definition) is 0. The van der Waals surface area contributed by atoms with Crippen LogP contribution in [0.25, 0.3) is 0 Å². The second kappa shape index (κ2) is 4.80. The fourth-order valence-corrected chi connectivity index (χ4v) is 1.97. The summed E-state index contributed by atoms with van der Waals surface area (Å²) in [6.45, 7) is 6.74. The van der Waals surface area contributed by atoms with Crippen molar-refractivity contribution in [3.05, 3.63) is 33.8 Å². The van der Waals surface area contributed by atoms with Gasteiger partial charge in [0, 0.05) is 4.47 Å². The first-order chi connectivity index (χ1) is 6.13. The Bertz CT molecular complexity index is 276. The standard InChI is InChI=1S/C12H17Br/c1-4-10-8-12(13)6-5-11(10)7-9(2)3/h5-6,8-9H,4,7H2,1-3H3. The first-order valence-corrected chi connectivity index (χ1v) is 5.70. The summed E-state index contributed by atoms with van der Waals surface area (Å²) in [4.78, 5) is 0. The lowest BCUT2D eigenvalue weighted by molar-refractivity contribution is 0.643. The molecule has 0 aliphatic heterocycles. The van der Waals surface area contributed by atoms with Crippen LogP contribution in [-0.2, 0) is 12.8 Å². The van der Waals surface area contributed by atoms with E-state index in [4.69, 9.17) is 0 Å². The lowest BCUT2D eigenvalue weighted by atomic mass is 9.97. The second-order valence-electron chi connectivity index (χ2n) is 3.86. The number of hydrogen-bond donors (Lipinski definition) is 0. The van der Waals surface area contributed by atoms with Crippen LogP contribution in [0.4, 0.5) is 0 Å². The lowest BCUT2D eigenvalue weighted by Gasteiger charge is -2.10. The number of rotatable bonds is 3. The topological polar surface area (TPSA) is 0 Å². The predicted octanol–water partition coefficient (Wildman–Crippen LogP) is 4.21. The summed E-state index contributed by atoms with van der Waals surface area (Å²) in [6, 6.07) is 6.61. The molecule has 1 aromatic rings. The van der Waals surface area contributed by atoms with Crippen LogP contribution < -0.4 is 0 Å². The van der Waals surface area contributed by atoms with Crippen LogP contribution in [0.2, 0.25) is 0 Å². The van der Waals surface area contributed by atoms with E-state index in [1.807, 2.05) is 0 Å². The summed E-state index contributed by atoms with van der Waals surface area (Å²) in [5, 5.41) is 0. The third kappa shape index (κ3) is 3.15. The molecular formula is C12H17Br. The third-order valence-electron chi connectivity index (χ3n) is 2.18. The molecule has 0 saturated heterocycles. The maximum atomic E-state index is 3.50. The second-order valence-corrected chi connectivity index (χ2v) is 4.78. The van der Waals surface area contributed by atoms with Gasteiger partial charge in [-0.2, -0.15) is 0 Å². The van der Waals surface area contributed by atoms with E-state index in [0.29, 0.717) is 0 Å². The molecule has 1 heteroatoms. The molecule has 0 amide bonds. The summed E-state index contributed by atoms with van der Waals surface area (Å²) in [6.07, 6.45) is 2.32. The summed E-state index contributed by atoms with van der Waals surface area (Å²) in [5.41, 5.74) is 2.98. The number of halogens is 1. The molecule has 72 valence electrons. The van der Waals surface area contributed by atoms with Crippen molar-refractivity contribution in [3.8, 4) is 0 Å². The molecule has 0 fully saturated rings. The van der Waals surface area contributed by atoms with Crippen molar-refractivity contribution in [2.45, 2.75) is 33.6 Å². The maximum absolute atomic E-state index is 3.50. The molecule has 0 aromatic heterocycles. The molecule has 0 N–H and O–H groups in total.